The first-order chi connectivity index (χ1) is 23.7. The van der Waals surface area contributed by atoms with E-state index in [-0.39, 0.29) is 22.5 Å². The fraction of sp³-hybridized carbons (Fsp3) is 0.0488. The van der Waals surface area contributed by atoms with Gasteiger partial charge in [-0.1, -0.05) is 72.8 Å². The van der Waals surface area contributed by atoms with Crippen LogP contribution in [0.25, 0.3) is 75.8 Å². The van der Waals surface area contributed by atoms with Gasteiger partial charge >= 0.3 is 6.18 Å². The molecular weight excluding hydrogens is 619 g/mol. The van der Waals surface area contributed by atoms with Gasteiger partial charge in [-0.2, -0.15) is 18.4 Å². The zero-order valence-corrected chi connectivity index (χ0v) is 25.8. The average Bonchev–Trinajstić information content (AvgIpc) is 3.62. The highest BCUT2D eigenvalue weighted by Gasteiger charge is 2.36. The number of hydrogen-bond donors (Lipinski definition) is 0. The molecule has 0 radical (unpaired) electrons. The van der Waals surface area contributed by atoms with Crippen molar-refractivity contribution in [1.29, 1.82) is 5.26 Å². The van der Waals surface area contributed by atoms with Gasteiger partial charge in [0, 0.05) is 27.1 Å². The summed E-state index contributed by atoms with van der Waals surface area (Å²) < 4.78 is 48.0. The second kappa shape index (κ2) is 10.9. The lowest BCUT2D eigenvalue weighted by Gasteiger charge is -2.23. The molecule has 2 heterocycles. The molecule has 0 aliphatic heterocycles. The molecule has 8 heteroatoms. The van der Waals surface area contributed by atoms with E-state index < -0.39 is 11.7 Å². The highest BCUT2D eigenvalue weighted by molar-refractivity contribution is 6.13. The van der Waals surface area contributed by atoms with E-state index >= 15 is 0 Å². The fourth-order valence-electron chi connectivity index (χ4n) is 7.12. The first-order valence-electron chi connectivity index (χ1n) is 15.3. The lowest BCUT2D eigenvalue weighted by atomic mass is 9.92. The number of hydrogen-bond acceptors (Lipinski definition) is 1. The fourth-order valence-corrected chi connectivity index (χ4v) is 7.12. The standard InChI is InChI=1S/C41H22F3N5/c1-24-9-8-12-32(41(42,43)44)38(24)31-19-20-35(48-33-13-6-4-10-27(33)29-17-15-25(23-45)21-36(29)48)39(47-3)40(31)49-34-14-7-5-11-28(34)30-18-16-26(46-2)22-37(30)49/h4-22H,1H3. The van der Waals surface area contributed by atoms with Crippen LogP contribution < -0.4 is 0 Å². The number of alkyl halides is 3. The number of aryl methyl sites for hydroxylation is 1. The number of rotatable bonds is 3. The minimum absolute atomic E-state index is 0.0253. The molecule has 5 nitrogen and oxygen atoms in total. The monoisotopic (exact) mass is 641 g/mol. The molecule has 0 saturated carbocycles. The summed E-state index contributed by atoms with van der Waals surface area (Å²) in [6, 6.07) is 35.5. The molecule has 0 spiro atoms. The molecule has 0 aliphatic carbocycles. The highest BCUT2D eigenvalue weighted by atomic mass is 19.4. The van der Waals surface area contributed by atoms with Crippen LogP contribution in [0.4, 0.5) is 24.5 Å². The molecule has 0 aliphatic rings. The number of nitrogens with zero attached hydrogens (tertiary/aromatic N) is 5. The van der Waals surface area contributed by atoms with E-state index in [4.69, 9.17) is 13.1 Å². The maximum atomic E-state index is 14.8. The summed E-state index contributed by atoms with van der Waals surface area (Å²) in [6.45, 7) is 18.1. The Morgan fingerprint density at radius 1 is 0.653 bits per heavy atom. The Labute approximate surface area is 278 Å². The third-order valence-electron chi connectivity index (χ3n) is 9.14. The summed E-state index contributed by atoms with van der Waals surface area (Å²) in [6.07, 6.45) is -4.67. The van der Waals surface area contributed by atoms with Crippen LogP contribution in [0.3, 0.4) is 0 Å². The lowest BCUT2D eigenvalue weighted by molar-refractivity contribution is -0.137. The van der Waals surface area contributed by atoms with Crippen molar-refractivity contribution < 1.29 is 13.2 Å². The maximum absolute atomic E-state index is 14.8. The van der Waals surface area contributed by atoms with Crippen LogP contribution in [0, 0.1) is 31.4 Å². The Hall–Kier alpha value is -6.82. The van der Waals surface area contributed by atoms with Crippen LogP contribution in [0.1, 0.15) is 16.7 Å². The van der Waals surface area contributed by atoms with Crippen LogP contribution in [0.5, 0.6) is 0 Å². The second-order valence-electron chi connectivity index (χ2n) is 11.8. The molecule has 0 N–H and O–H groups in total. The summed E-state index contributed by atoms with van der Waals surface area (Å²) in [5, 5.41) is 13.2. The molecule has 0 atom stereocenters. The van der Waals surface area contributed by atoms with Crippen molar-refractivity contribution in [2.45, 2.75) is 13.1 Å². The van der Waals surface area contributed by atoms with Crippen LogP contribution >= 0.6 is 0 Å². The number of fused-ring (bicyclic) bond motifs is 6. The molecule has 0 amide bonds. The minimum Gasteiger partial charge on any atom is -0.320 e. The van der Waals surface area contributed by atoms with Crippen LogP contribution in [0.15, 0.2) is 115 Å². The van der Waals surface area contributed by atoms with Crippen molar-refractivity contribution in [3.8, 4) is 28.6 Å². The van der Waals surface area contributed by atoms with Gasteiger partial charge in [0.2, 0.25) is 5.69 Å². The van der Waals surface area contributed by atoms with Gasteiger partial charge in [-0.05, 0) is 66.1 Å². The number of benzene rings is 6. The Balaban J connectivity index is 1.62. The van der Waals surface area contributed by atoms with Gasteiger partial charge < -0.3 is 9.13 Å². The van der Waals surface area contributed by atoms with E-state index in [0.29, 0.717) is 39.1 Å². The molecule has 232 valence electrons. The van der Waals surface area contributed by atoms with Crippen molar-refractivity contribution in [3.63, 3.8) is 0 Å². The van der Waals surface area contributed by atoms with E-state index in [1.54, 1.807) is 49.4 Å². The van der Waals surface area contributed by atoms with E-state index in [1.165, 1.54) is 6.07 Å². The third-order valence-corrected chi connectivity index (χ3v) is 9.14. The summed E-state index contributed by atoms with van der Waals surface area (Å²) in [5.41, 5.74) is 4.16. The van der Waals surface area contributed by atoms with Crippen molar-refractivity contribution in [3.05, 3.63) is 155 Å². The molecule has 49 heavy (non-hydrogen) atoms. The van der Waals surface area contributed by atoms with Crippen LogP contribution in [-0.4, -0.2) is 9.13 Å². The molecule has 0 fully saturated rings. The summed E-state index contributed by atoms with van der Waals surface area (Å²) in [4.78, 5) is 7.75. The van der Waals surface area contributed by atoms with Crippen molar-refractivity contribution in [2.24, 2.45) is 0 Å². The molecule has 8 rings (SSSR count). The summed E-state index contributed by atoms with van der Waals surface area (Å²) in [5.74, 6) is 0. The average molecular weight is 642 g/mol. The van der Waals surface area contributed by atoms with Gasteiger partial charge in [0.1, 0.15) is 0 Å². The van der Waals surface area contributed by atoms with Gasteiger partial charge in [0.25, 0.3) is 0 Å². The van der Waals surface area contributed by atoms with E-state index in [9.17, 15) is 18.4 Å². The predicted molar refractivity (Wildman–Crippen MR) is 188 cm³/mol. The van der Waals surface area contributed by atoms with Crippen molar-refractivity contribution in [2.75, 3.05) is 0 Å². The third kappa shape index (κ3) is 4.38. The van der Waals surface area contributed by atoms with E-state index in [2.05, 4.69) is 15.8 Å². The zero-order valence-electron chi connectivity index (χ0n) is 25.8. The van der Waals surface area contributed by atoms with E-state index in [1.807, 2.05) is 69.8 Å². The quantitative estimate of drug-likeness (QED) is 0.177. The number of para-hydroxylation sites is 2. The SMILES string of the molecule is [C-]#[N+]c1ccc2c3ccccc3n(-c3c(-c4c(C)cccc4C(F)(F)F)ccc(-n4c5ccccc5c5ccc(C#N)cc54)c3[N+]#[C-])c2c1. The molecule has 8 aromatic rings. The highest BCUT2D eigenvalue weighted by Crippen LogP contribution is 2.49. The molecule has 0 bridgehead atoms. The van der Waals surface area contributed by atoms with Gasteiger partial charge in [-0.15, -0.1) is 0 Å². The van der Waals surface area contributed by atoms with Gasteiger partial charge in [0.05, 0.1) is 58.3 Å². The smallest absolute Gasteiger partial charge is 0.320 e. The molecule has 0 saturated heterocycles. The maximum Gasteiger partial charge on any atom is 0.417 e. The van der Waals surface area contributed by atoms with Gasteiger partial charge in [0.15, 0.2) is 5.69 Å². The number of aromatic nitrogens is 2. The van der Waals surface area contributed by atoms with Crippen molar-refractivity contribution >= 4 is 55.0 Å². The predicted octanol–water partition coefficient (Wildman–Crippen LogP) is 11.8. The number of nitriles is 1. The first kappa shape index (κ1) is 29.6. The number of halogens is 3. The van der Waals surface area contributed by atoms with E-state index in [0.717, 1.165) is 33.1 Å². The van der Waals surface area contributed by atoms with Crippen LogP contribution in [-0.2, 0) is 6.18 Å². The van der Waals surface area contributed by atoms with Gasteiger partial charge in [-0.3, -0.25) is 0 Å². The van der Waals surface area contributed by atoms with Crippen molar-refractivity contribution in [1.82, 2.24) is 9.13 Å². The molecular formula is C41H22F3N5. The molecule has 6 aromatic carbocycles. The summed E-state index contributed by atoms with van der Waals surface area (Å²) in [7, 11) is 0. The Bertz CT molecular complexity index is 2820. The first-order valence-corrected chi connectivity index (χ1v) is 15.3. The second-order valence-corrected chi connectivity index (χ2v) is 11.8. The zero-order chi connectivity index (χ0) is 34.0. The molecule has 0 unspecified atom stereocenters. The van der Waals surface area contributed by atoms with Crippen LogP contribution in [0.2, 0.25) is 0 Å². The normalized spacial score (nSPS) is 11.6. The lowest BCUT2D eigenvalue weighted by Crippen LogP contribution is -2.10. The Kier molecular flexibility index (Phi) is 6.56. The minimum atomic E-state index is -4.67. The summed E-state index contributed by atoms with van der Waals surface area (Å²) >= 11 is 0. The molecule has 2 aromatic heterocycles. The largest absolute Gasteiger partial charge is 0.417 e. The van der Waals surface area contributed by atoms with Gasteiger partial charge in [-0.25, -0.2) is 9.69 Å². The topological polar surface area (TPSA) is 42.4 Å². The Morgan fingerprint density at radius 3 is 1.94 bits per heavy atom. The Morgan fingerprint density at radius 2 is 1.29 bits per heavy atom.